The van der Waals surface area contributed by atoms with Gasteiger partial charge in [0.15, 0.2) is 0 Å². The summed E-state index contributed by atoms with van der Waals surface area (Å²) in [6.45, 7) is 6.40. The van der Waals surface area contributed by atoms with Gasteiger partial charge >= 0.3 is 0 Å². The van der Waals surface area contributed by atoms with Crippen molar-refractivity contribution in [2.45, 2.75) is 32.6 Å². The first-order valence-electron chi connectivity index (χ1n) is 5.50. The van der Waals surface area contributed by atoms with E-state index in [9.17, 15) is 0 Å². The Hall–Kier alpha value is 0.0800. The molecule has 4 heteroatoms. The minimum atomic E-state index is -0.141. The predicted octanol–water partition coefficient (Wildman–Crippen LogP) is 5.83. The van der Waals surface area contributed by atoms with Gasteiger partial charge in [-0.2, -0.15) is 0 Å². The van der Waals surface area contributed by atoms with Crippen LogP contribution in [0.3, 0.4) is 0 Å². The van der Waals surface area contributed by atoms with Crippen molar-refractivity contribution in [2.75, 3.05) is 7.11 Å². The first-order chi connectivity index (χ1) is 7.83. The van der Waals surface area contributed by atoms with E-state index in [4.69, 9.17) is 27.9 Å². The van der Waals surface area contributed by atoms with Crippen molar-refractivity contribution in [3.8, 4) is 5.75 Å². The molecule has 0 aliphatic heterocycles. The Balaban J connectivity index is 3.30. The number of methoxy groups -OCH3 is 1. The van der Waals surface area contributed by atoms with E-state index in [1.807, 2.05) is 12.1 Å². The topological polar surface area (TPSA) is 9.23 Å². The summed E-state index contributed by atoms with van der Waals surface area (Å²) in [6.07, 6.45) is 0.981. The fraction of sp³-hybridized carbons (Fsp3) is 0.538. The molecule has 1 aromatic rings. The number of ether oxygens (including phenoxy) is 1. The summed E-state index contributed by atoms with van der Waals surface area (Å²) in [5.74, 6) is 0.760. The molecule has 17 heavy (non-hydrogen) atoms. The van der Waals surface area contributed by atoms with Gasteiger partial charge in [0.2, 0.25) is 0 Å². The Morgan fingerprint density at radius 2 is 2.00 bits per heavy atom. The summed E-state index contributed by atoms with van der Waals surface area (Å²) in [7, 11) is 1.64. The fourth-order valence-electron chi connectivity index (χ4n) is 1.58. The van der Waals surface area contributed by atoms with Crippen LogP contribution in [0.25, 0.3) is 0 Å². The third-order valence-electron chi connectivity index (χ3n) is 3.11. The first kappa shape index (κ1) is 15.1. The molecule has 0 saturated carbocycles. The standard InChI is InChI=1S/C13H17BrCl2O/c1-5-13(2,3)12(16)9-6-8(15)7-10(14)11(9)17-4/h6-7,12H,5H2,1-4H3. The highest BCUT2D eigenvalue weighted by atomic mass is 79.9. The van der Waals surface area contributed by atoms with Gasteiger partial charge in [-0.1, -0.05) is 32.4 Å². The largest absolute Gasteiger partial charge is 0.495 e. The molecular formula is C13H17BrCl2O. The van der Waals surface area contributed by atoms with E-state index in [1.54, 1.807) is 7.11 Å². The van der Waals surface area contributed by atoms with Crippen LogP contribution in [0.4, 0.5) is 0 Å². The van der Waals surface area contributed by atoms with E-state index in [0.717, 1.165) is 22.2 Å². The van der Waals surface area contributed by atoms with Crippen LogP contribution in [0, 0.1) is 5.41 Å². The average molecular weight is 340 g/mol. The molecule has 1 atom stereocenters. The minimum Gasteiger partial charge on any atom is -0.495 e. The Morgan fingerprint density at radius 3 is 2.47 bits per heavy atom. The average Bonchev–Trinajstić information content (AvgIpc) is 2.27. The second-order valence-corrected chi connectivity index (χ2v) is 6.44. The molecule has 0 aliphatic carbocycles. The molecular weight excluding hydrogens is 323 g/mol. The third-order valence-corrected chi connectivity index (χ3v) is 4.74. The molecule has 96 valence electrons. The normalized spacial score (nSPS) is 13.6. The van der Waals surface area contributed by atoms with Gasteiger partial charge in [0.25, 0.3) is 0 Å². The smallest absolute Gasteiger partial charge is 0.137 e. The Bertz CT molecular complexity index is 405. The van der Waals surface area contributed by atoms with Crippen LogP contribution in [0.15, 0.2) is 16.6 Å². The van der Waals surface area contributed by atoms with Gasteiger partial charge in [-0.3, -0.25) is 0 Å². The highest BCUT2D eigenvalue weighted by Crippen LogP contribution is 2.47. The van der Waals surface area contributed by atoms with E-state index in [2.05, 4.69) is 36.7 Å². The van der Waals surface area contributed by atoms with E-state index in [1.165, 1.54) is 0 Å². The lowest BCUT2D eigenvalue weighted by atomic mass is 9.82. The van der Waals surface area contributed by atoms with Gasteiger partial charge in [0.05, 0.1) is 17.0 Å². The van der Waals surface area contributed by atoms with E-state index >= 15 is 0 Å². The highest BCUT2D eigenvalue weighted by molar-refractivity contribution is 9.10. The SMILES string of the molecule is CCC(C)(C)C(Cl)c1cc(Cl)cc(Br)c1OC. The number of hydrogen-bond donors (Lipinski definition) is 0. The second-order valence-electron chi connectivity index (χ2n) is 4.71. The molecule has 0 amide bonds. The second kappa shape index (κ2) is 5.81. The van der Waals surface area contributed by atoms with Gasteiger partial charge in [-0.15, -0.1) is 11.6 Å². The summed E-state index contributed by atoms with van der Waals surface area (Å²) in [5.41, 5.74) is 0.916. The monoisotopic (exact) mass is 338 g/mol. The number of benzene rings is 1. The van der Waals surface area contributed by atoms with Gasteiger partial charge in [-0.25, -0.2) is 0 Å². The summed E-state index contributed by atoms with van der Waals surface area (Å²) < 4.78 is 6.24. The number of halogens is 3. The molecule has 0 N–H and O–H groups in total. The lowest BCUT2D eigenvalue weighted by Gasteiger charge is -2.30. The molecule has 0 aliphatic rings. The summed E-state index contributed by atoms with van der Waals surface area (Å²) in [6, 6.07) is 3.69. The van der Waals surface area contributed by atoms with Crippen molar-refractivity contribution in [1.82, 2.24) is 0 Å². The quantitative estimate of drug-likeness (QED) is 0.627. The molecule has 0 heterocycles. The zero-order valence-electron chi connectivity index (χ0n) is 10.5. The fourth-order valence-corrected chi connectivity index (χ4v) is 2.90. The molecule has 1 nitrogen and oxygen atoms in total. The first-order valence-corrected chi connectivity index (χ1v) is 7.11. The van der Waals surface area contributed by atoms with E-state index in [0.29, 0.717) is 5.02 Å². The maximum absolute atomic E-state index is 6.57. The van der Waals surface area contributed by atoms with Crippen molar-refractivity contribution >= 4 is 39.1 Å². The van der Waals surface area contributed by atoms with Gasteiger partial charge in [-0.05, 0) is 39.9 Å². The van der Waals surface area contributed by atoms with Crippen LogP contribution in [0.1, 0.15) is 38.1 Å². The Kier molecular flexibility index (Phi) is 5.18. The number of hydrogen-bond acceptors (Lipinski definition) is 1. The lowest BCUT2D eigenvalue weighted by Crippen LogP contribution is -2.17. The molecule has 0 radical (unpaired) electrons. The van der Waals surface area contributed by atoms with Crippen molar-refractivity contribution in [2.24, 2.45) is 5.41 Å². The third kappa shape index (κ3) is 3.30. The van der Waals surface area contributed by atoms with Crippen LogP contribution in [-0.2, 0) is 0 Å². The summed E-state index contributed by atoms with van der Waals surface area (Å²) in [4.78, 5) is 0. The zero-order chi connectivity index (χ0) is 13.2. The van der Waals surface area contributed by atoms with Crippen molar-refractivity contribution in [3.05, 3.63) is 27.2 Å². The molecule has 0 aromatic heterocycles. The number of alkyl halides is 1. The van der Waals surface area contributed by atoms with Crippen molar-refractivity contribution in [3.63, 3.8) is 0 Å². The predicted molar refractivity (Wildman–Crippen MR) is 78.4 cm³/mol. The summed E-state index contributed by atoms with van der Waals surface area (Å²) in [5, 5.41) is 0.516. The van der Waals surface area contributed by atoms with Crippen LogP contribution >= 0.6 is 39.1 Å². The highest BCUT2D eigenvalue weighted by Gasteiger charge is 2.30. The van der Waals surface area contributed by atoms with Crippen molar-refractivity contribution in [1.29, 1.82) is 0 Å². The van der Waals surface area contributed by atoms with Crippen LogP contribution in [0.5, 0.6) is 5.75 Å². The molecule has 0 saturated heterocycles. The molecule has 0 fully saturated rings. The Labute approximate surface area is 122 Å². The van der Waals surface area contributed by atoms with Gasteiger partial charge < -0.3 is 4.74 Å². The van der Waals surface area contributed by atoms with Gasteiger partial charge in [0, 0.05) is 10.6 Å². The van der Waals surface area contributed by atoms with Crippen LogP contribution in [-0.4, -0.2) is 7.11 Å². The van der Waals surface area contributed by atoms with E-state index < -0.39 is 0 Å². The minimum absolute atomic E-state index is 0.0149. The van der Waals surface area contributed by atoms with Crippen LogP contribution < -0.4 is 4.74 Å². The molecule has 1 rings (SSSR count). The Morgan fingerprint density at radius 1 is 1.41 bits per heavy atom. The molecule has 1 unspecified atom stereocenters. The van der Waals surface area contributed by atoms with Crippen LogP contribution in [0.2, 0.25) is 5.02 Å². The summed E-state index contributed by atoms with van der Waals surface area (Å²) >= 11 is 16.1. The zero-order valence-corrected chi connectivity index (χ0v) is 13.6. The number of rotatable bonds is 4. The maximum atomic E-state index is 6.57. The molecule has 0 spiro atoms. The van der Waals surface area contributed by atoms with E-state index in [-0.39, 0.29) is 10.8 Å². The van der Waals surface area contributed by atoms with Gasteiger partial charge in [0.1, 0.15) is 5.75 Å². The maximum Gasteiger partial charge on any atom is 0.137 e. The lowest BCUT2D eigenvalue weighted by molar-refractivity contribution is 0.325. The molecule has 0 bridgehead atoms. The van der Waals surface area contributed by atoms with Crippen molar-refractivity contribution < 1.29 is 4.74 Å². The molecule has 1 aromatic carbocycles.